The summed E-state index contributed by atoms with van der Waals surface area (Å²) >= 11 is 0. The van der Waals surface area contributed by atoms with Crippen LogP contribution in [-0.2, 0) is 11.8 Å². The van der Waals surface area contributed by atoms with E-state index >= 15 is 0 Å². The number of pyridine rings is 2. The van der Waals surface area contributed by atoms with Gasteiger partial charge in [0, 0.05) is 37.7 Å². The fraction of sp³-hybridized carbons (Fsp3) is 0.333. The minimum absolute atomic E-state index is 0.0352. The van der Waals surface area contributed by atoms with Crippen molar-refractivity contribution in [1.29, 1.82) is 0 Å². The van der Waals surface area contributed by atoms with E-state index in [2.05, 4.69) is 10.3 Å². The van der Waals surface area contributed by atoms with Gasteiger partial charge in [-0.1, -0.05) is 32.0 Å². The van der Waals surface area contributed by atoms with Crippen molar-refractivity contribution in [3.8, 4) is 16.9 Å². The molecule has 190 valence electrons. The summed E-state index contributed by atoms with van der Waals surface area (Å²) in [6, 6.07) is 7.49. The van der Waals surface area contributed by atoms with Gasteiger partial charge in [0.1, 0.15) is 5.75 Å². The summed E-state index contributed by atoms with van der Waals surface area (Å²) < 4.78 is 1.27. The molecule has 1 atom stereocenters. The number of urea groups is 1. The van der Waals surface area contributed by atoms with Gasteiger partial charge in [0.05, 0.1) is 12.5 Å². The van der Waals surface area contributed by atoms with E-state index in [0.717, 1.165) is 22.3 Å². The Bertz CT molecular complexity index is 1310. The lowest BCUT2D eigenvalue weighted by molar-refractivity contribution is -0.137. The Morgan fingerprint density at radius 1 is 1.14 bits per heavy atom. The van der Waals surface area contributed by atoms with Gasteiger partial charge in [0.25, 0.3) is 5.56 Å². The van der Waals surface area contributed by atoms with Gasteiger partial charge in [0.15, 0.2) is 5.69 Å². The van der Waals surface area contributed by atoms with Crippen LogP contribution in [0, 0.1) is 19.8 Å². The lowest BCUT2D eigenvalue weighted by atomic mass is 9.94. The standard InChI is InChI=1S/C27H32N4O5/c1-16(2)15-31(25-22(32)9-10-30(5)26(25)35)27(36)29-21(12-23(33)34)19-11-20(14-28-13-19)24-17(3)7-6-8-18(24)4/h6-11,13-14,16,21,32H,12,15H2,1-5H3,(H,29,36)(H,33,34)/t21-/m0/s1. The fourth-order valence-electron chi connectivity index (χ4n) is 4.21. The average Bonchev–Trinajstić information content (AvgIpc) is 2.80. The van der Waals surface area contributed by atoms with Crippen LogP contribution in [0.5, 0.6) is 5.75 Å². The Hall–Kier alpha value is -4.14. The first-order valence-corrected chi connectivity index (χ1v) is 11.7. The number of amides is 2. The maximum absolute atomic E-state index is 13.5. The second kappa shape index (κ2) is 11.1. The zero-order chi connectivity index (χ0) is 26.6. The number of hydrogen-bond donors (Lipinski definition) is 3. The second-order valence-corrected chi connectivity index (χ2v) is 9.34. The van der Waals surface area contributed by atoms with Gasteiger partial charge in [-0.15, -0.1) is 0 Å². The van der Waals surface area contributed by atoms with Crippen LogP contribution in [0.4, 0.5) is 10.5 Å². The topological polar surface area (TPSA) is 125 Å². The van der Waals surface area contributed by atoms with Crippen molar-refractivity contribution in [1.82, 2.24) is 14.9 Å². The summed E-state index contributed by atoms with van der Waals surface area (Å²) in [4.78, 5) is 43.5. The highest BCUT2D eigenvalue weighted by atomic mass is 16.4. The van der Waals surface area contributed by atoms with Crippen molar-refractivity contribution in [3.63, 3.8) is 0 Å². The first-order valence-electron chi connectivity index (χ1n) is 11.7. The van der Waals surface area contributed by atoms with E-state index in [1.165, 1.54) is 35.0 Å². The molecule has 2 aromatic heterocycles. The van der Waals surface area contributed by atoms with E-state index in [-0.39, 0.29) is 23.9 Å². The van der Waals surface area contributed by atoms with Crippen LogP contribution >= 0.6 is 0 Å². The van der Waals surface area contributed by atoms with Gasteiger partial charge in [0.2, 0.25) is 0 Å². The van der Waals surface area contributed by atoms with E-state index in [0.29, 0.717) is 5.56 Å². The van der Waals surface area contributed by atoms with E-state index in [4.69, 9.17) is 0 Å². The van der Waals surface area contributed by atoms with Gasteiger partial charge in [-0.05, 0) is 54.2 Å². The normalized spacial score (nSPS) is 11.8. The number of carboxylic acid groups (broad SMARTS) is 1. The van der Waals surface area contributed by atoms with Gasteiger partial charge in [-0.3, -0.25) is 19.5 Å². The van der Waals surface area contributed by atoms with Crippen molar-refractivity contribution in [2.24, 2.45) is 13.0 Å². The molecule has 0 radical (unpaired) electrons. The fourth-order valence-corrected chi connectivity index (χ4v) is 4.21. The zero-order valence-corrected chi connectivity index (χ0v) is 21.1. The third-order valence-corrected chi connectivity index (χ3v) is 5.89. The lowest BCUT2D eigenvalue weighted by Crippen LogP contribution is -2.46. The Morgan fingerprint density at radius 2 is 1.81 bits per heavy atom. The molecule has 0 bridgehead atoms. The Kier molecular flexibility index (Phi) is 8.14. The molecule has 0 saturated heterocycles. The number of carboxylic acids is 1. The molecule has 2 amide bonds. The van der Waals surface area contributed by atoms with Crippen LogP contribution in [0.25, 0.3) is 11.1 Å². The van der Waals surface area contributed by atoms with Crippen LogP contribution in [0.1, 0.15) is 43.0 Å². The van der Waals surface area contributed by atoms with Crippen LogP contribution < -0.4 is 15.8 Å². The molecule has 3 N–H and O–H groups in total. The van der Waals surface area contributed by atoms with Crippen LogP contribution in [0.2, 0.25) is 0 Å². The van der Waals surface area contributed by atoms with E-state index in [1.54, 1.807) is 6.20 Å². The SMILES string of the molecule is Cc1cccc(C)c1-c1cncc([C@H](CC(=O)O)NC(=O)N(CC(C)C)c2c(O)ccn(C)c2=O)c1. The van der Waals surface area contributed by atoms with Crippen molar-refractivity contribution >= 4 is 17.7 Å². The van der Waals surface area contributed by atoms with Crippen LogP contribution in [-0.4, -0.2) is 38.3 Å². The molecule has 0 aliphatic rings. The number of aliphatic carboxylic acids is 1. The molecule has 9 heteroatoms. The van der Waals surface area contributed by atoms with E-state index in [1.807, 2.05) is 52.0 Å². The highest BCUT2D eigenvalue weighted by molar-refractivity contribution is 5.93. The Morgan fingerprint density at radius 3 is 2.42 bits per heavy atom. The lowest BCUT2D eigenvalue weighted by Gasteiger charge is -2.28. The Labute approximate surface area is 210 Å². The summed E-state index contributed by atoms with van der Waals surface area (Å²) in [7, 11) is 1.52. The summed E-state index contributed by atoms with van der Waals surface area (Å²) in [5.41, 5.74) is 3.70. The maximum atomic E-state index is 13.5. The minimum atomic E-state index is -1.10. The molecule has 0 saturated carbocycles. The number of aryl methyl sites for hydroxylation is 3. The molecule has 0 fully saturated rings. The number of anilines is 1. The smallest absolute Gasteiger partial charge is 0.322 e. The third-order valence-electron chi connectivity index (χ3n) is 5.89. The largest absolute Gasteiger partial charge is 0.505 e. The molecular formula is C27H32N4O5. The van der Waals surface area contributed by atoms with E-state index < -0.39 is 30.0 Å². The number of rotatable bonds is 8. The maximum Gasteiger partial charge on any atom is 0.322 e. The number of aromatic nitrogens is 2. The molecule has 3 rings (SSSR count). The minimum Gasteiger partial charge on any atom is -0.505 e. The van der Waals surface area contributed by atoms with Gasteiger partial charge in [-0.25, -0.2) is 4.79 Å². The van der Waals surface area contributed by atoms with Crippen LogP contribution in [0.15, 0.2) is 53.7 Å². The molecule has 0 unspecified atom stereocenters. The molecule has 1 aromatic carbocycles. The number of nitrogens with zero attached hydrogens (tertiary/aromatic N) is 3. The Balaban J connectivity index is 2.02. The second-order valence-electron chi connectivity index (χ2n) is 9.34. The summed E-state index contributed by atoms with van der Waals surface area (Å²) in [6.45, 7) is 7.86. The molecule has 0 aliphatic carbocycles. The quantitative estimate of drug-likeness (QED) is 0.434. The molecule has 0 spiro atoms. The predicted molar refractivity (Wildman–Crippen MR) is 138 cm³/mol. The molecular weight excluding hydrogens is 460 g/mol. The summed E-state index contributed by atoms with van der Waals surface area (Å²) in [5.74, 6) is -1.47. The number of hydrogen-bond acceptors (Lipinski definition) is 5. The number of carbonyl (C=O) groups excluding carboxylic acids is 1. The predicted octanol–water partition coefficient (Wildman–Crippen LogP) is 4.16. The van der Waals surface area contributed by atoms with Crippen LogP contribution in [0.3, 0.4) is 0 Å². The molecule has 2 heterocycles. The van der Waals surface area contributed by atoms with Crippen molar-refractivity contribution in [3.05, 3.63) is 76.0 Å². The van der Waals surface area contributed by atoms with Crippen molar-refractivity contribution in [2.45, 2.75) is 40.2 Å². The summed E-state index contributed by atoms with van der Waals surface area (Å²) in [6.07, 6.45) is 4.24. The molecule has 3 aromatic rings. The number of aromatic hydroxyl groups is 1. The number of nitrogens with one attached hydrogen (secondary N) is 1. The van der Waals surface area contributed by atoms with Crippen molar-refractivity contribution < 1.29 is 19.8 Å². The average molecular weight is 493 g/mol. The first kappa shape index (κ1) is 26.5. The third kappa shape index (κ3) is 5.91. The first-order chi connectivity index (χ1) is 17.0. The molecule has 9 nitrogen and oxygen atoms in total. The van der Waals surface area contributed by atoms with E-state index in [9.17, 15) is 24.6 Å². The zero-order valence-electron chi connectivity index (χ0n) is 21.1. The van der Waals surface area contributed by atoms with Crippen molar-refractivity contribution in [2.75, 3.05) is 11.4 Å². The molecule has 0 aliphatic heterocycles. The highest BCUT2D eigenvalue weighted by Crippen LogP contribution is 2.30. The monoisotopic (exact) mass is 492 g/mol. The van der Waals surface area contributed by atoms with Gasteiger partial charge >= 0.3 is 12.0 Å². The summed E-state index contributed by atoms with van der Waals surface area (Å²) in [5, 5.41) is 22.8. The van der Waals surface area contributed by atoms with Gasteiger partial charge < -0.3 is 20.1 Å². The highest BCUT2D eigenvalue weighted by Gasteiger charge is 2.27. The van der Waals surface area contributed by atoms with Gasteiger partial charge in [-0.2, -0.15) is 0 Å². The number of benzene rings is 1. The molecule has 36 heavy (non-hydrogen) atoms. The number of carbonyl (C=O) groups is 2.